The zero-order valence-corrected chi connectivity index (χ0v) is 18.5. The van der Waals surface area contributed by atoms with Crippen LogP contribution in [0.2, 0.25) is 0 Å². The molecule has 4 aromatic rings. The quantitative estimate of drug-likeness (QED) is 0.428. The van der Waals surface area contributed by atoms with Gasteiger partial charge in [0.1, 0.15) is 17.4 Å². The molecule has 0 unspecified atom stereocenters. The number of hydrogen-bond acceptors (Lipinski definition) is 7. The Morgan fingerprint density at radius 3 is 2.85 bits per heavy atom. The molecule has 8 nitrogen and oxygen atoms in total. The van der Waals surface area contributed by atoms with E-state index in [9.17, 15) is 18.8 Å². The molecule has 0 spiro atoms. The molecule has 0 saturated heterocycles. The van der Waals surface area contributed by atoms with Crippen LogP contribution >= 0.6 is 11.3 Å². The summed E-state index contributed by atoms with van der Waals surface area (Å²) in [5.74, 6) is -0.229. The van der Waals surface area contributed by atoms with Gasteiger partial charge in [-0.05, 0) is 38.0 Å². The number of rotatable bonds is 7. The first-order valence-electron chi connectivity index (χ1n) is 9.91. The third kappa shape index (κ3) is 4.65. The molecule has 0 bridgehead atoms. The number of nitriles is 1. The second-order valence-corrected chi connectivity index (χ2v) is 7.99. The van der Waals surface area contributed by atoms with Crippen LogP contribution in [-0.2, 0) is 11.2 Å². The van der Waals surface area contributed by atoms with Crippen LogP contribution in [0.5, 0.6) is 5.75 Å². The van der Waals surface area contributed by atoms with Crippen LogP contribution in [0.15, 0.2) is 35.8 Å². The lowest BCUT2D eigenvalue weighted by Gasteiger charge is -2.11. The zero-order valence-electron chi connectivity index (χ0n) is 17.7. The van der Waals surface area contributed by atoms with Crippen LogP contribution in [0.3, 0.4) is 0 Å². The zero-order chi connectivity index (χ0) is 23.5. The average Bonchev–Trinajstić information content (AvgIpc) is 3.40. The second-order valence-electron chi connectivity index (χ2n) is 7.13. The number of hydrogen-bond donors (Lipinski definition) is 1. The molecule has 0 radical (unpaired) electrons. The topological polar surface area (TPSA) is 105 Å². The van der Waals surface area contributed by atoms with Crippen molar-refractivity contribution in [3.8, 4) is 23.1 Å². The Bertz CT molecular complexity index is 1380. The van der Waals surface area contributed by atoms with Crippen molar-refractivity contribution in [1.82, 2.24) is 19.6 Å². The number of thiazole rings is 1. The van der Waals surface area contributed by atoms with Gasteiger partial charge in [-0.3, -0.25) is 4.79 Å². The van der Waals surface area contributed by atoms with E-state index in [4.69, 9.17) is 0 Å². The lowest BCUT2D eigenvalue weighted by Crippen LogP contribution is -2.14. The highest BCUT2D eigenvalue weighted by molar-refractivity contribution is 7.14. The van der Waals surface area contributed by atoms with Gasteiger partial charge >= 0.3 is 6.61 Å². The van der Waals surface area contributed by atoms with Gasteiger partial charge in [0.25, 0.3) is 0 Å². The molecule has 1 aromatic carbocycles. The molecular weight excluding hydrogens is 450 g/mol. The first-order valence-corrected chi connectivity index (χ1v) is 10.8. The molecule has 3 aromatic heterocycles. The number of carbonyl (C=O) groups excluding carboxylic acids is 1. The smallest absolute Gasteiger partial charge is 0.387 e. The fraction of sp³-hybridized carbons (Fsp3) is 0.227. The summed E-state index contributed by atoms with van der Waals surface area (Å²) in [4.78, 5) is 21.3. The van der Waals surface area contributed by atoms with Crippen LogP contribution in [0.4, 0.5) is 13.9 Å². The minimum atomic E-state index is -2.95. The lowest BCUT2D eigenvalue weighted by molar-refractivity contribution is -0.116. The molecular formula is C22H18F2N6O2S. The standard InChI is InChI=1S/C22H18F2N6O2S/c1-12-15(13(2)30-20(27-12)14(9-25)10-26-30)7-8-19(31)29-22-28-17(11-33-22)16-5-3-4-6-18(16)32-21(23)24/h3-6,10-11,21H,7-8H2,1-2H3,(H,28,29,31). The van der Waals surface area contributed by atoms with Gasteiger partial charge < -0.3 is 10.1 Å². The maximum absolute atomic E-state index is 12.7. The number of fused-ring (bicyclic) bond motifs is 1. The predicted octanol–water partition coefficient (Wildman–Crippen LogP) is 4.51. The van der Waals surface area contributed by atoms with E-state index in [0.717, 1.165) is 17.0 Å². The predicted molar refractivity (Wildman–Crippen MR) is 118 cm³/mol. The molecule has 0 fully saturated rings. The Kier molecular flexibility index (Phi) is 6.28. The first-order chi connectivity index (χ1) is 15.9. The highest BCUT2D eigenvalue weighted by atomic mass is 32.1. The van der Waals surface area contributed by atoms with E-state index < -0.39 is 6.61 Å². The molecule has 3 heterocycles. The molecule has 0 aliphatic rings. The summed E-state index contributed by atoms with van der Waals surface area (Å²) < 4.78 is 31.5. The number of halogens is 2. The molecule has 168 valence electrons. The number of para-hydroxylation sites is 1. The number of alkyl halides is 2. The van der Waals surface area contributed by atoms with E-state index in [1.165, 1.54) is 23.6 Å². The molecule has 11 heteroatoms. The van der Waals surface area contributed by atoms with Crippen molar-refractivity contribution >= 4 is 28.0 Å². The van der Waals surface area contributed by atoms with Crippen molar-refractivity contribution in [2.24, 2.45) is 0 Å². The van der Waals surface area contributed by atoms with Crippen LogP contribution < -0.4 is 10.1 Å². The summed E-state index contributed by atoms with van der Waals surface area (Å²) in [5.41, 5.74) is 4.16. The summed E-state index contributed by atoms with van der Waals surface area (Å²) in [6.07, 6.45) is 2.08. The lowest BCUT2D eigenvalue weighted by atomic mass is 10.1. The monoisotopic (exact) mass is 468 g/mol. The molecule has 1 N–H and O–H groups in total. The molecule has 4 rings (SSSR count). The third-order valence-corrected chi connectivity index (χ3v) is 5.82. The number of benzene rings is 1. The average molecular weight is 468 g/mol. The van der Waals surface area contributed by atoms with Gasteiger partial charge in [0.2, 0.25) is 5.91 Å². The number of carbonyl (C=O) groups is 1. The molecule has 0 aliphatic heterocycles. The van der Waals surface area contributed by atoms with E-state index in [1.807, 2.05) is 13.8 Å². The van der Waals surface area contributed by atoms with Crippen molar-refractivity contribution in [2.75, 3.05) is 5.32 Å². The van der Waals surface area contributed by atoms with Gasteiger partial charge in [0.05, 0.1) is 11.9 Å². The molecule has 1 amide bonds. The summed E-state index contributed by atoms with van der Waals surface area (Å²) >= 11 is 1.19. The normalized spacial score (nSPS) is 11.0. The Hall–Kier alpha value is -3.91. The van der Waals surface area contributed by atoms with Crippen molar-refractivity contribution < 1.29 is 18.3 Å². The summed E-state index contributed by atoms with van der Waals surface area (Å²) in [7, 11) is 0. The summed E-state index contributed by atoms with van der Waals surface area (Å²) in [5, 5.41) is 18.2. The fourth-order valence-corrected chi connectivity index (χ4v) is 4.23. The van der Waals surface area contributed by atoms with Gasteiger partial charge in [-0.1, -0.05) is 12.1 Å². The highest BCUT2D eigenvalue weighted by Crippen LogP contribution is 2.33. The van der Waals surface area contributed by atoms with Crippen molar-refractivity contribution in [2.45, 2.75) is 33.3 Å². The van der Waals surface area contributed by atoms with Crippen molar-refractivity contribution in [3.05, 3.63) is 58.4 Å². The number of aryl methyl sites for hydroxylation is 2. The maximum Gasteiger partial charge on any atom is 0.387 e. The minimum absolute atomic E-state index is 0.0164. The number of nitrogens with one attached hydrogen (secondary N) is 1. The van der Waals surface area contributed by atoms with Crippen molar-refractivity contribution in [3.63, 3.8) is 0 Å². The molecule has 0 atom stereocenters. The fourth-order valence-electron chi connectivity index (χ4n) is 3.50. The molecule has 0 saturated carbocycles. The summed E-state index contributed by atoms with van der Waals surface area (Å²) in [6.45, 7) is 0.757. The van der Waals surface area contributed by atoms with E-state index >= 15 is 0 Å². The number of aromatic nitrogens is 4. The van der Waals surface area contributed by atoms with Gasteiger partial charge in [0.15, 0.2) is 10.8 Å². The van der Waals surface area contributed by atoms with Crippen LogP contribution in [0.25, 0.3) is 16.9 Å². The number of anilines is 1. The van der Waals surface area contributed by atoms with E-state index in [2.05, 4.69) is 31.2 Å². The molecule has 33 heavy (non-hydrogen) atoms. The van der Waals surface area contributed by atoms with Gasteiger partial charge in [-0.2, -0.15) is 19.1 Å². The second kappa shape index (κ2) is 9.30. The maximum atomic E-state index is 12.7. The Balaban J connectivity index is 1.45. The SMILES string of the molecule is Cc1nc2c(C#N)cnn2c(C)c1CCC(=O)Nc1nc(-c2ccccc2OC(F)F)cs1. The van der Waals surface area contributed by atoms with Crippen LogP contribution in [0.1, 0.15) is 28.9 Å². The summed E-state index contributed by atoms with van der Waals surface area (Å²) in [6, 6.07) is 8.42. The van der Waals surface area contributed by atoms with Gasteiger partial charge in [-0.15, -0.1) is 11.3 Å². The number of ether oxygens (including phenoxy) is 1. The van der Waals surface area contributed by atoms with Crippen molar-refractivity contribution in [1.29, 1.82) is 5.26 Å². The highest BCUT2D eigenvalue weighted by Gasteiger charge is 2.17. The molecule has 0 aliphatic carbocycles. The Morgan fingerprint density at radius 1 is 1.30 bits per heavy atom. The Labute approximate surface area is 191 Å². The largest absolute Gasteiger partial charge is 0.434 e. The number of amides is 1. The van der Waals surface area contributed by atoms with Gasteiger partial charge in [0, 0.05) is 28.8 Å². The van der Waals surface area contributed by atoms with E-state index in [-0.39, 0.29) is 18.1 Å². The number of nitrogens with zero attached hydrogens (tertiary/aromatic N) is 5. The first kappa shape index (κ1) is 22.3. The Morgan fingerprint density at radius 2 is 2.09 bits per heavy atom. The van der Waals surface area contributed by atoms with Crippen LogP contribution in [0, 0.1) is 25.2 Å². The van der Waals surface area contributed by atoms with E-state index in [0.29, 0.717) is 34.0 Å². The van der Waals surface area contributed by atoms with E-state index in [1.54, 1.807) is 28.1 Å². The minimum Gasteiger partial charge on any atom is -0.434 e. The van der Waals surface area contributed by atoms with Crippen LogP contribution in [-0.4, -0.2) is 32.1 Å². The van der Waals surface area contributed by atoms with Gasteiger partial charge in [-0.25, -0.2) is 14.5 Å². The third-order valence-electron chi connectivity index (χ3n) is 5.06.